The second kappa shape index (κ2) is 11.9. The van der Waals surface area contributed by atoms with Gasteiger partial charge in [0.25, 0.3) is 0 Å². The Balaban J connectivity index is 1.14. The average Bonchev–Trinajstić information content (AvgIpc) is 2.83. The predicted molar refractivity (Wildman–Crippen MR) is 135 cm³/mol. The number of aryl methyl sites for hydroxylation is 2. The van der Waals surface area contributed by atoms with Crippen LogP contribution in [0.5, 0.6) is 0 Å². The zero-order chi connectivity index (χ0) is 25.7. The highest BCUT2D eigenvalue weighted by atomic mass is 32.2. The van der Waals surface area contributed by atoms with E-state index in [4.69, 9.17) is 9.72 Å². The summed E-state index contributed by atoms with van der Waals surface area (Å²) in [6.45, 7) is 1.73. The van der Waals surface area contributed by atoms with E-state index in [1.807, 2.05) is 0 Å². The van der Waals surface area contributed by atoms with Crippen LogP contribution in [0.2, 0.25) is 0 Å². The minimum Gasteiger partial charge on any atom is -0.480 e. The maximum absolute atomic E-state index is 12.6. The van der Waals surface area contributed by atoms with Crippen molar-refractivity contribution in [2.75, 3.05) is 37.8 Å². The van der Waals surface area contributed by atoms with Gasteiger partial charge in [0, 0.05) is 38.4 Å². The van der Waals surface area contributed by atoms with Crippen LogP contribution >= 0.6 is 0 Å². The van der Waals surface area contributed by atoms with E-state index >= 15 is 0 Å². The lowest BCUT2D eigenvalue weighted by molar-refractivity contribution is -0.143. The molecule has 0 bridgehead atoms. The number of nitrogens with one attached hydrogen (secondary N) is 2. The molecule has 1 aliphatic carbocycles. The molecule has 10 nitrogen and oxygen atoms in total. The maximum Gasteiger partial charge on any atom is 0.326 e. The molecule has 2 aliphatic heterocycles. The third kappa shape index (κ3) is 7.17. The standard InChI is InChI=1S/C25H38N4O6S/c1-36(33,34)29-12-3-5-19(16-29)24(30)28-22(25(31)32)10-13-35-21-14-17(15-21)6-8-20-9-7-18-4-2-11-26-23(18)27-20/h7,9,17,19,21-22H,2-6,8,10-16H2,1H3,(H,26,27)(H,28,30)(H,31,32)/t17?,19-,21?,22-/m0/s1. The molecular weight excluding hydrogens is 484 g/mol. The highest BCUT2D eigenvalue weighted by Gasteiger charge is 2.33. The predicted octanol–water partition coefficient (Wildman–Crippen LogP) is 1.80. The number of piperidine rings is 1. The first-order valence-electron chi connectivity index (χ1n) is 13.0. The van der Waals surface area contributed by atoms with E-state index in [0.29, 0.717) is 25.3 Å². The summed E-state index contributed by atoms with van der Waals surface area (Å²) in [5.74, 6) is -0.444. The zero-order valence-electron chi connectivity index (χ0n) is 20.9. The molecule has 1 aromatic heterocycles. The molecule has 0 spiro atoms. The van der Waals surface area contributed by atoms with Gasteiger partial charge < -0.3 is 20.5 Å². The van der Waals surface area contributed by atoms with Gasteiger partial charge in [-0.1, -0.05) is 6.07 Å². The van der Waals surface area contributed by atoms with Crippen molar-refractivity contribution in [1.82, 2.24) is 14.6 Å². The molecule has 1 saturated carbocycles. The summed E-state index contributed by atoms with van der Waals surface area (Å²) in [5, 5.41) is 15.5. The minimum absolute atomic E-state index is 0.0917. The second-order valence-electron chi connectivity index (χ2n) is 10.4. The second-order valence-corrected chi connectivity index (χ2v) is 12.3. The van der Waals surface area contributed by atoms with E-state index in [2.05, 4.69) is 22.8 Å². The van der Waals surface area contributed by atoms with Gasteiger partial charge in [0.2, 0.25) is 15.9 Å². The Morgan fingerprint density at radius 2 is 2.11 bits per heavy atom. The lowest BCUT2D eigenvalue weighted by atomic mass is 9.79. The Morgan fingerprint density at radius 3 is 2.86 bits per heavy atom. The molecular formula is C25H38N4O6S. The number of pyridine rings is 1. The summed E-state index contributed by atoms with van der Waals surface area (Å²) >= 11 is 0. The highest BCUT2D eigenvalue weighted by Crippen LogP contribution is 2.34. The molecule has 0 aromatic carbocycles. The number of hydrogen-bond donors (Lipinski definition) is 3. The number of ether oxygens (including phenoxy) is 1. The number of carbonyl (C=O) groups is 2. The number of carboxylic acid groups (broad SMARTS) is 1. The van der Waals surface area contributed by atoms with Crippen LogP contribution in [0.15, 0.2) is 12.1 Å². The normalized spacial score (nSPS) is 25.2. The van der Waals surface area contributed by atoms with Crippen LogP contribution in [-0.4, -0.2) is 79.3 Å². The first-order chi connectivity index (χ1) is 17.2. The fourth-order valence-electron chi connectivity index (χ4n) is 5.26. The van der Waals surface area contributed by atoms with E-state index in [-0.39, 0.29) is 25.7 Å². The molecule has 3 N–H and O–H groups in total. The Bertz CT molecular complexity index is 1040. The molecule has 11 heteroatoms. The number of carboxylic acids is 1. The molecule has 1 amide bonds. The smallest absolute Gasteiger partial charge is 0.326 e. The van der Waals surface area contributed by atoms with Crippen LogP contribution in [0.3, 0.4) is 0 Å². The van der Waals surface area contributed by atoms with Crippen molar-refractivity contribution in [2.45, 2.75) is 69.9 Å². The quantitative estimate of drug-likeness (QED) is 0.400. The molecule has 3 aliphatic rings. The fourth-order valence-corrected chi connectivity index (χ4v) is 6.18. The van der Waals surface area contributed by atoms with Crippen LogP contribution in [0, 0.1) is 11.8 Å². The molecule has 1 saturated heterocycles. The van der Waals surface area contributed by atoms with Crippen LogP contribution in [0.1, 0.15) is 56.2 Å². The topological polar surface area (TPSA) is 138 Å². The third-order valence-electron chi connectivity index (χ3n) is 7.55. The van der Waals surface area contributed by atoms with E-state index in [1.54, 1.807) is 0 Å². The molecule has 1 aromatic rings. The van der Waals surface area contributed by atoms with Gasteiger partial charge in [-0.2, -0.15) is 0 Å². The van der Waals surface area contributed by atoms with Gasteiger partial charge in [-0.25, -0.2) is 22.5 Å². The number of hydrogen-bond acceptors (Lipinski definition) is 7. The van der Waals surface area contributed by atoms with Crippen LogP contribution in [0.4, 0.5) is 5.82 Å². The largest absolute Gasteiger partial charge is 0.480 e. The monoisotopic (exact) mass is 522 g/mol. The van der Waals surface area contributed by atoms with Gasteiger partial charge in [-0.3, -0.25) is 4.79 Å². The van der Waals surface area contributed by atoms with Crippen molar-refractivity contribution in [3.63, 3.8) is 0 Å². The van der Waals surface area contributed by atoms with Crippen molar-refractivity contribution in [1.29, 1.82) is 0 Å². The zero-order valence-corrected chi connectivity index (χ0v) is 21.8. The number of aromatic nitrogens is 1. The number of aliphatic carboxylic acids is 1. The number of nitrogens with zero attached hydrogens (tertiary/aromatic N) is 2. The lowest BCUT2D eigenvalue weighted by Gasteiger charge is -2.35. The van der Waals surface area contributed by atoms with Crippen LogP contribution in [0.25, 0.3) is 0 Å². The SMILES string of the molecule is CS(=O)(=O)N1CCC[C@H](C(=O)N[C@@H](CCOC2CC(CCc3ccc4c(n3)NCCC4)C2)C(=O)O)C1. The van der Waals surface area contributed by atoms with Crippen molar-refractivity contribution in [2.24, 2.45) is 11.8 Å². The van der Waals surface area contributed by atoms with Gasteiger partial charge in [0.05, 0.1) is 18.3 Å². The maximum atomic E-state index is 12.6. The molecule has 0 unspecified atom stereocenters. The number of fused-ring (bicyclic) bond motifs is 1. The lowest BCUT2D eigenvalue weighted by Crippen LogP contribution is -2.49. The summed E-state index contributed by atoms with van der Waals surface area (Å²) in [6.07, 6.45) is 8.70. The minimum atomic E-state index is -3.38. The van der Waals surface area contributed by atoms with E-state index in [9.17, 15) is 23.1 Å². The van der Waals surface area contributed by atoms with E-state index < -0.39 is 33.9 Å². The number of rotatable bonds is 11. The summed E-state index contributed by atoms with van der Waals surface area (Å²) < 4.78 is 30.7. The Labute approximate surface area is 213 Å². The van der Waals surface area contributed by atoms with Gasteiger partial charge in [0.1, 0.15) is 11.9 Å². The molecule has 4 rings (SSSR count). The molecule has 2 fully saturated rings. The molecule has 0 radical (unpaired) electrons. The Morgan fingerprint density at radius 1 is 1.31 bits per heavy atom. The summed E-state index contributed by atoms with van der Waals surface area (Å²) in [4.78, 5) is 29.0. The molecule has 36 heavy (non-hydrogen) atoms. The molecule has 200 valence electrons. The number of amides is 1. The van der Waals surface area contributed by atoms with Crippen molar-refractivity contribution >= 4 is 27.7 Å². The molecule has 2 atom stereocenters. The first kappa shape index (κ1) is 26.8. The third-order valence-corrected chi connectivity index (χ3v) is 8.82. The fraction of sp³-hybridized carbons (Fsp3) is 0.720. The van der Waals surface area contributed by atoms with Gasteiger partial charge in [-0.05, 0) is 68.9 Å². The van der Waals surface area contributed by atoms with Crippen LogP contribution < -0.4 is 10.6 Å². The van der Waals surface area contributed by atoms with E-state index in [0.717, 1.165) is 62.8 Å². The molecule has 3 heterocycles. The van der Waals surface area contributed by atoms with Crippen molar-refractivity contribution in [3.8, 4) is 0 Å². The van der Waals surface area contributed by atoms with Crippen molar-refractivity contribution < 1.29 is 27.9 Å². The van der Waals surface area contributed by atoms with Gasteiger partial charge >= 0.3 is 5.97 Å². The number of carbonyl (C=O) groups excluding carboxylic acids is 1. The van der Waals surface area contributed by atoms with E-state index in [1.165, 1.54) is 9.87 Å². The Hall–Kier alpha value is -2.24. The first-order valence-corrected chi connectivity index (χ1v) is 14.9. The highest BCUT2D eigenvalue weighted by molar-refractivity contribution is 7.88. The van der Waals surface area contributed by atoms with Crippen LogP contribution in [-0.2, 0) is 37.2 Å². The van der Waals surface area contributed by atoms with Gasteiger partial charge in [-0.15, -0.1) is 0 Å². The average molecular weight is 523 g/mol. The number of sulfonamides is 1. The Kier molecular flexibility index (Phi) is 8.84. The summed E-state index contributed by atoms with van der Waals surface area (Å²) in [6, 6.07) is 3.26. The number of anilines is 1. The summed E-state index contributed by atoms with van der Waals surface area (Å²) in [5.41, 5.74) is 2.41. The van der Waals surface area contributed by atoms with Crippen molar-refractivity contribution in [3.05, 3.63) is 23.4 Å². The summed E-state index contributed by atoms with van der Waals surface area (Å²) in [7, 11) is -3.38. The van der Waals surface area contributed by atoms with Gasteiger partial charge in [0.15, 0.2) is 0 Å².